The maximum atomic E-state index is 11.7. The van der Waals surface area contributed by atoms with Gasteiger partial charge in [-0.3, -0.25) is 9.59 Å². The fraction of sp³-hybridized carbons (Fsp3) is 0.400. The van der Waals surface area contributed by atoms with Gasteiger partial charge < -0.3 is 10.6 Å². The van der Waals surface area contributed by atoms with Crippen LogP contribution >= 0.6 is 0 Å². The average Bonchev–Trinajstić information content (AvgIpc) is 2.29. The number of ketones is 2. The summed E-state index contributed by atoms with van der Waals surface area (Å²) in [6, 6.07) is 0. The molecule has 0 unspecified atom stereocenters. The molecule has 0 aromatic rings. The predicted molar refractivity (Wildman–Crippen MR) is 56.4 cm³/mol. The fourth-order valence-electron chi connectivity index (χ4n) is 0.769. The first-order valence-corrected chi connectivity index (χ1v) is 5.07. The van der Waals surface area contributed by atoms with Gasteiger partial charge in [-0.2, -0.15) is 26.3 Å². The van der Waals surface area contributed by atoms with E-state index in [4.69, 9.17) is 0 Å². The first kappa shape index (κ1) is 18.0. The fourth-order valence-corrected chi connectivity index (χ4v) is 0.769. The highest BCUT2D eigenvalue weighted by Crippen LogP contribution is 2.16. The molecule has 0 aliphatic rings. The van der Waals surface area contributed by atoms with Crippen LogP contribution in [0.4, 0.5) is 26.3 Å². The molecule has 4 nitrogen and oxygen atoms in total. The van der Waals surface area contributed by atoms with Crippen molar-refractivity contribution in [2.75, 3.05) is 13.1 Å². The van der Waals surface area contributed by atoms with Crippen LogP contribution in [0, 0.1) is 0 Å². The van der Waals surface area contributed by atoms with Crippen LogP contribution in [0.3, 0.4) is 0 Å². The Hall–Kier alpha value is -2.00. The summed E-state index contributed by atoms with van der Waals surface area (Å²) in [6.45, 7) is 0.0678. The lowest BCUT2D eigenvalue weighted by Gasteiger charge is -2.03. The second kappa shape index (κ2) is 7.56. The topological polar surface area (TPSA) is 58.2 Å². The molecule has 20 heavy (non-hydrogen) atoms. The van der Waals surface area contributed by atoms with E-state index in [0.717, 1.165) is 12.4 Å². The number of hydrogen-bond acceptors (Lipinski definition) is 4. The van der Waals surface area contributed by atoms with Crippen molar-refractivity contribution in [3.63, 3.8) is 0 Å². The molecule has 0 atom stereocenters. The minimum atomic E-state index is -4.95. The Labute approximate surface area is 109 Å². The SMILES string of the molecule is O=C(/C=C/NCCN/C=C/C(=O)C(F)(F)F)C(F)(F)F. The molecule has 0 aromatic carbocycles. The van der Waals surface area contributed by atoms with Gasteiger partial charge in [-0.15, -0.1) is 0 Å². The Morgan fingerprint density at radius 3 is 1.30 bits per heavy atom. The number of carbonyl (C=O) groups excluding carboxylic acids is 2. The van der Waals surface area contributed by atoms with E-state index in [1.54, 1.807) is 0 Å². The molecule has 0 aliphatic heterocycles. The number of carbonyl (C=O) groups is 2. The summed E-state index contributed by atoms with van der Waals surface area (Å²) >= 11 is 0. The zero-order valence-electron chi connectivity index (χ0n) is 9.81. The summed E-state index contributed by atoms with van der Waals surface area (Å²) in [6.07, 6.45) is -7.80. The molecule has 0 saturated carbocycles. The monoisotopic (exact) mass is 304 g/mol. The van der Waals surface area contributed by atoms with Gasteiger partial charge in [-0.1, -0.05) is 0 Å². The third-order valence-corrected chi connectivity index (χ3v) is 1.68. The van der Waals surface area contributed by atoms with E-state index in [1.807, 2.05) is 0 Å². The highest BCUT2D eigenvalue weighted by atomic mass is 19.4. The smallest absolute Gasteiger partial charge is 0.389 e. The van der Waals surface area contributed by atoms with Gasteiger partial charge >= 0.3 is 12.4 Å². The average molecular weight is 304 g/mol. The van der Waals surface area contributed by atoms with E-state index in [9.17, 15) is 35.9 Å². The Morgan fingerprint density at radius 2 is 1.05 bits per heavy atom. The van der Waals surface area contributed by atoms with Crippen molar-refractivity contribution in [2.24, 2.45) is 0 Å². The third-order valence-electron chi connectivity index (χ3n) is 1.68. The summed E-state index contributed by atoms with van der Waals surface area (Å²) in [5.41, 5.74) is 0. The second-order valence-corrected chi connectivity index (χ2v) is 3.30. The first-order valence-electron chi connectivity index (χ1n) is 5.07. The van der Waals surface area contributed by atoms with E-state index in [-0.39, 0.29) is 25.2 Å². The van der Waals surface area contributed by atoms with Crippen LogP contribution in [0.2, 0.25) is 0 Å². The summed E-state index contributed by atoms with van der Waals surface area (Å²) in [4.78, 5) is 20.7. The number of allylic oxidation sites excluding steroid dienone is 2. The predicted octanol–water partition coefficient (Wildman–Crippen LogP) is 1.46. The van der Waals surface area contributed by atoms with E-state index in [2.05, 4.69) is 10.6 Å². The van der Waals surface area contributed by atoms with Crippen LogP contribution in [0.5, 0.6) is 0 Å². The zero-order chi connectivity index (χ0) is 15.8. The molecular weight excluding hydrogens is 294 g/mol. The third kappa shape index (κ3) is 8.16. The quantitative estimate of drug-likeness (QED) is 0.425. The molecule has 0 heterocycles. The molecule has 0 spiro atoms. The van der Waals surface area contributed by atoms with Crippen molar-refractivity contribution >= 4 is 11.6 Å². The van der Waals surface area contributed by atoms with Crippen LogP contribution in [0.1, 0.15) is 0 Å². The normalized spacial score (nSPS) is 12.9. The molecule has 0 fully saturated rings. The largest absolute Gasteiger partial charge is 0.454 e. The van der Waals surface area contributed by atoms with Gasteiger partial charge in [0.05, 0.1) is 0 Å². The maximum Gasteiger partial charge on any atom is 0.454 e. The van der Waals surface area contributed by atoms with Crippen LogP contribution < -0.4 is 10.6 Å². The van der Waals surface area contributed by atoms with E-state index in [1.165, 1.54) is 0 Å². The van der Waals surface area contributed by atoms with Crippen molar-refractivity contribution in [3.8, 4) is 0 Å². The number of alkyl halides is 6. The lowest BCUT2D eigenvalue weighted by molar-refractivity contribution is -0.165. The lowest BCUT2D eigenvalue weighted by Crippen LogP contribution is -2.24. The first-order chi connectivity index (χ1) is 9.05. The second-order valence-electron chi connectivity index (χ2n) is 3.30. The molecular formula is C10H10F6N2O2. The van der Waals surface area contributed by atoms with Crippen LogP contribution in [0.25, 0.3) is 0 Å². The molecule has 0 rings (SSSR count). The summed E-state index contributed by atoms with van der Waals surface area (Å²) in [5.74, 6) is -4.07. The van der Waals surface area contributed by atoms with Crippen LogP contribution in [0.15, 0.2) is 24.6 Å². The minimum Gasteiger partial charge on any atom is -0.389 e. The molecule has 0 saturated heterocycles. The molecule has 2 N–H and O–H groups in total. The van der Waals surface area contributed by atoms with Crippen molar-refractivity contribution in [1.29, 1.82) is 0 Å². The van der Waals surface area contributed by atoms with Gasteiger partial charge in [0.25, 0.3) is 11.6 Å². The Morgan fingerprint density at radius 1 is 0.750 bits per heavy atom. The number of rotatable bonds is 7. The summed E-state index contributed by atoms with van der Waals surface area (Å²) < 4.78 is 70.3. The maximum absolute atomic E-state index is 11.7. The summed E-state index contributed by atoms with van der Waals surface area (Å²) in [7, 11) is 0. The Kier molecular flexibility index (Phi) is 6.80. The number of nitrogens with one attached hydrogen (secondary N) is 2. The molecule has 114 valence electrons. The standard InChI is InChI=1S/C10H10F6N2O2/c11-9(12,13)7(19)1-3-17-5-6-18-4-2-8(20)10(14,15)16/h1-4,17-18H,5-6H2/b3-1+,4-2+. The van der Waals surface area contributed by atoms with Gasteiger partial charge in [-0.05, 0) is 0 Å². The van der Waals surface area contributed by atoms with Gasteiger partial charge in [-0.25, -0.2) is 0 Å². The van der Waals surface area contributed by atoms with E-state index in [0.29, 0.717) is 0 Å². The van der Waals surface area contributed by atoms with Gasteiger partial charge in [0, 0.05) is 37.6 Å². The van der Waals surface area contributed by atoms with Gasteiger partial charge in [0.1, 0.15) is 0 Å². The Bertz CT molecular complexity index is 360. The molecule has 0 aliphatic carbocycles. The highest BCUT2D eigenvalue weighted by Gasteiger charge is 2.36. The number of halogens is 6. The molecule has 10 heteroatoms. The summed E-state index contributed by atoms with van der Waals surface area (Å²) in [5, 5.41) is 4.60. The van der Waals surface area contributed by atoms with E-state index < -0.39 is 23.9 Å². The minimum absolute atomic E-state index is 0.0339. The van der Waals surface area contributed by atoms with Gasteiger partial charge in [0.2, 0.25) is 0 Å². The van der Waals surface area contributed by atoms with Crippen molar-refractivity contribution in [1.82, 2.24) is 10.6 Å². The molecule has 0 bridgehead atoms. The van der Waals surface area contributed by atoms with Gasteiger partial charge in [0.15, 0.2) is 0 Å². The number of hydrogen-bond donors (Lipinski definition) is 2. The Balaban J connectivity index is 3.80. The van der Waals surface area contributed by atoms with Crippen LogP contribution in [-0.2, 0) is 9.59 Å². The lowest BCUT2D eigenvalue weighted by atomic mass is 10.4. The van der Waals surface area contributed by atoms with E-state index >= 15 is 0 Å². The van der Waals surface area contributed by atoms with Crippen molar-refractivity contribution in [3.05, 3.63) is 24.6 Å². The van der Waals surface area contributed by atoms with Crippen molar-refractivity contribution in [2.45, 2.75) is 12.4 Å². The van der Waals surface area contributed by atoms with Crippen LogP contribution in [-0.4, -0.2) is 37.0 Å². The molecule has 0 aromatic heterocycles. The molecule has 0 amide bonds. The molecule has 0 radical (unpaired) electrons. The zero-order valence-corrected chi connectivity index (χ0v) is 9.81. The highest BCUT2D eigenvalue weighted by molar-refractivity contribution is 5.94. The van der Waals surface area contributed by atoms with Crippen molar-refractivity contribution < 1.29 is 35.9 Å².